The number of fused-ring (bicyclic) bond motifs is 1. The molecule has 1 heterocycles. The lowest BCUT2D eigenvalue weighted by Crippen LogP contribution is -2.39. The van der Waals surface area contributed by atoms with Crippen molar-refractivity contribution in [2.75, 3.05) is 10.2 Å². The Kier molecular flexibility index (Phi) is 6.93. The Bertz CT molecular complexity index is 1520. The van der Waals surface area contributed by atoms with Gasteiger partial charge in [-0.15, -0.1) is 0 Å². The van der Waals surface area contributed by atoms with Gasteiger partial charge in [0.1, 0.15) is 5.82 Å². The van der Waals surface area contributed by atoms with E-state index in [1.54, 1.807) is 36.4 Å². The summed E-state index contributed by atoms with van der Waals surface area (Å²) in [6.45, 7) is 0. The van der Waals surface area contributed by atoms with Crippen LogP contribution in [0.15, 0.2) is 84.1 Å². The number of ketones is 1. The molecule has 1 N–H and O–H groups in total. The van der Waals surface area contributed by atoms with E-state index in [1.165, 1.54) is 41.3 Å². The quantitative estimate of drug-likeness (QED) is 0.375. The van der Waals surface area contributed by atoms with Gasteiger partial charge in [0.05, 0.1) is 22.3 Å². The molecule has 9 nitrogen and oxygen atoms in total. The molecule has 2 aliphatic rings. The van der Waals surface area contributed by atoms with Gasteiger partial charge >= 0.3 is 0 Å². The van der Waals surface area contributed by atoms with E-state index in [4.69, 9.17) is 0 Å². The summed E-state index contributed by atoms with van der Waals surface area (Å²) in [4.78, 5) is 50.9. The minimum atomic E-state index is -1.38. The number of nitrogens with zero attached hydrogens (tertiary/aromatic N) is 2. The number of para-hydroxylation sites is 2. The number of rotatable bonds is 6. The zero-order chi connectivity index (χ0) is 27.7. The summed E-state index contributed by atoms with van der Waals surface area (Å²) in [5.74, 6) is -3.04. The number of nitro benzene ring substituents is 1. The van der Waals surface area contributed by atoms with Crippen LogP contribution in [0.1, 0.15) is 48.8 Å². The van der Waals surface area contributed by atoms with Gasteiger partial charge in [-0.2, -0.15) is 0 Å². The Morgan fingerprint density at radius 2 is 1.72 bits per heavy atom. The second-order valence-corrected chi connectivity index (χ2v) is 9.50. The standard InChI is InChI=1S/C29H24FN3O6/c30-20-10-8-17(9-11-20)29-28-23(15-19(16-25(28)34)18-4-3-5-21(14-18)33(38)39)31-22-6-1-2-7-24(22)32(29)26(35)12-13-27(36)37/h1-11,14,19,29,31H,12-13,15-16H2,(H,36,37)/p-1. The Hall–Kier alpha value is -4.86. The normalized spacial score (nSPS) is 18.5. The number of carbonyl (C=O) groups is 3. The third kappa shape index (κ3) is 5.13. The molecule has 2 atom stereocenters. The van der Waals surface area contributed by atoms with E-state index >= 15 is 0 Å². The Balaban J connectivity index is 1.66. The number of Topliss-reactive ketones (excluding diaryl/α,β-unsaturated/α-hetero) is 1. The molecule has 0 radical (unpaired) electrons. The van der Waals surface area contributed by atoms with Crippen LogP contribution in [0.3, 0.4) is 0 Å². The van der Waals surface area contributed by atoms with E-state index in [-0.39, 0.29) is 30.2 Å². The average Bonchev–Trinajstić information content (AvgIpc) is 3.07. The van der Waals surface area contributed by atoms with E-state index in [0.29, 0.717) is 40.2 Å². The molecule has 0 aromatic heterocycles. The number of anilines is 2. The highest BCUT2D eigenvalue weighted by atomic mass is 19.1. The topological polar surface area (TPSA) is 133 Å². The van der Waals surface area contributed by atoms with Crippen LogP contribution in [0.25, 0.3) is 0 Å². The monoisotopic (exact) mass is 528 g/mol. The van der Waals surface area contributed by atoms with Crippen LogP contribution in [0.2, 0.25) is 0 Å². The maximum Gasteiger partial charge on any atom is 0.269 e. The van der Waals surface area contributed by atoms with Gasteiger partial charge < -0.3 is 15.2 Å². The predicted octanol–water partition coefficient (Wildman–Crippen LogP) is 4.16. The first kappa shape index (κ1) is 25.8. The maximum atomic E-state index is 13.9. The zero-order valence-electron chi connectivity index (χ0n) is 20.6. The summed E-state index contributed by atoms with van der Waals surface area (Å²) < 4.78 is 13.9. The number of amides is 1. The number of nitro groups is 1. The molecule has 1 amide bonds. The van der Waals surface area contributed by atoms with Gasteiger partial charge in [-0.1, -0.05) is 36.4 Å². The molecule has 0 saturated heterocycles. The van der Waals surface area contributed by atoms with E-state index in [2.05, 4.69) is 5.32 Å². The third-order valence-electron chi connectivity index (χ3n) is 7.04. The average molecular weight is 529 g/mol. The van der Waals surface area contributed by atoms with Crippen molar-refractivity contribution in [2.45, 2.75) is 37.6 Å². The summed E-state index contributed by atoms with van der Waals surface area (Å²) in [5, 5.41) is 25.8. The molecule has 0 spiro atoms. The second kappa shape index (κ2) is 10.5. The Morgan fingerprint density at radius 1 is 0.974 bits per heavy atom. The highest BCUT2D eigenvalue weighted by molar-refractivity contribution is 6.06. The van der Waals surface area contributed by atoms with Crippen LogP contribution >= 0.6 is 0 Å². The number of nitrogens with one attached hydrogen (secondary N) is 1. The van der Waals surface area contributed by atoms with Gasteiger partial charge in [0, 0.05) is 42.2 Å². The summed E-state index contributed by atoms with van der Waals surface area (Å²) >= 11 is 0. The molecule has 0 bridgehead atoms. The molecule has 0 fully saturated rings. The molecule has 0 saturated carbocycles. The molecule has 3 aromatic rings. The summed E-state index contributed by atoms with van der Waals surface area (Å²) in [7, 11) is 0. The molecular weight excluding hydrogens is 505 g/mol. The Morgan fingerprint density at radius 3 is 2.44 bits per heavy atom. The molecule has 3 aromatic carbocycles. The van der Waals surface area contributed by atoms with Crippen molar-refractivity contribution >= 4 is 34.7 Å². The van der Waals surface area contributed by atoms with E-state index < -0.39 is 35.1 Å². The van der Waals surface area contributed by atoms with Crippen molar-refractivity contribution in [1.82, 2.24) is 0 Å². The SMILES string of the molecule is O=C([O-])CCC(=O)N1c2ccccc2NC2=C(C(=O)CC(c3cccc([N+](=O)[O-])c3)C2)C1c1ccc(F)cc1. The fourth-order valence-electron chi connectivity index (χ4n) is 5.28. The number of non-ortho nitro benzene ring substituents is 1. The molecule has 5 rings (SSSR count). The lowest BCUT2D eigenvalue weighted by atomic mass is 9.78. The highest BCUT2D eigenvalue weighted by Gasteiger charge is 2.41. The number of carboxylic acids is 1. The minimum absolute atomic E-state index is 0.0385. The summed E-state index contributed by atoms with van der Waals surface area (Å²) in [6.07, 6.45) is -0.497. The van der Waals surface area contributed by atoms with Gasteiger partial charge in [-0.3, -0.25) is 24.6 Å². The second-order valence-electron chi connectivity index (χ2n) is 9.50. The molecular formula is C29H23FN3O6-. The molecule has 1 aliphatic heterocycles. The van der Waals surface area contributed by atoms with Crippen LogP contribution in [0.5, 0.6) is 0 Å². The fourth-order valence-corrected chi connectivity index (χ4v) is 5.28. The van der Waals surface area contributed by atoms with Crippen LogP contribution in [-0.4, -0.2) is 22.6 Å². The number of aliphatic carboxylic acids is 1. The first-order valence-corrected chi connectivity index (χ1v) is 12.4. The van der Waals surface area contributed by atoms with Gasteiger partial charge in [0.25, 0.3) is 5.69 Å². The number of carboxylic acid groups (broad SMARTS) is 1. The van der Waals surface area contributed by atoms with Crippen molar-refractivity contribution in [3.8, 4) is 0 Å². The number of carbonyl (C=O) groups excluding carboxylic acids is 3. The van der Waals surface area contributed by atoms with Gasteiger partial charge in [0.15, 0.2) is 5.78 Å². The number of hydrogen-bond donors (Lipinski definition) is 1. The molecule has 2 unspecified atom stereocenters. The lowest BCUT2D eigenvalue weighted by molar-refractivity contribution is -0.384. The summed E-state index contributed by atoms with van der Waals surface area (Å²) in [5.41, 5.74) is 2.86. The fraction of sp³-hybridized carbons (Fsp3) is 0.207. The Labute approximate surface area is 222 Å². The highest BCUT2D eigenvalue weighted by Crippen LogP contribution is 2.47. The van der Waals surface area contributed by atoms with Gasteiger partial charge in [-0.25, -0.2) is 4.39 Å². The van der Waals surface area contributed by atoms with E-state index in [0.717, 1.165) is 0 Å². The van der Waals surface area contributed by atoms with Gasteiger partial charge in [0.2, 0.25) is 5.91 Å². The smallest absolute Gasteiger partial charge is 0.269 e. The van der Waals surface area contributed by atoms with Crippen molar-refractivity contribution in [3.05, 3.63) is 111 Å². The molecule has 1 aliphatic carbocycles. The lowest BCUT2D eigenvalue weighted by Gasteiger charge is -2.35. The van der Waals surface area contributed by atoms with Crippen LogP contribution in [-0.2, 0) is 14.4 Å². The first-order chi connectivity index (χ1) is 18.7. The zero-order valence-corrected chi connectivity index (χ0v) is 20.6. The van der Waals surface area contributed by atoms with Crippen molar-refractivity contribution in [3.63, 3.8) is 0 Å². The van der Waals surface area contributed by atoms with Crippen LogP contribution < -0.4 is 15.3 Å². The number of halogens is 1. The van der Waals surface area contributed by atoms with Crippen molar-refractivity contribution in [1.29, 1.82) is 0 Å². The molecule has 10 heteroatoms. The van der Waals surface area contributed by atoms with Gasteiger partial charge in [-0.05, 0) is 54.2 Å². The third-order valence-corrected chi connectivity index (χ3v) is 7.04. The van der Waals surface area contributed by atoms with E-state index in [9.17, 15) is 34.0 Å². The number of allylic oxidation sites excluding steroid dienone is 1. The minimum Gasteiger partial charge on any atom is -0.550 e. The predicted molar refractivity (Wildman–Crippen MR) is 138 cm³/mol. The summed E-state index contributed by atoms with van der Waals surface area (Å²) in [6, 6.07) is 17.6. The maximum absolute atomic E-state index is 13.9. The van der Waals surface area contributed by atoms with E-state index in [1.807, 2.05) is 0 Å². The largest absolute Gasteiger partial charge is 0.550 e. The first-order valence-electron chi connectivity index (χ1n) is 12.4. The molecule has 39 heavy (non-hydrogen) atoms. The van der Waals surface area contributed by atoms with Crippen molar-refractivity contribution < 1.29 is 28.8 Å². The van der Waals surface area contributed by atoms with Crippen LogP contribution in [0, 0.1) is 15.9 Å². The number of benzene rings is 3. The van der Waals surface area contributed by atoms with Crippen molar-refractivity contribution in [2.24, 2.45) is 0 Å². The van der Waals surface area contributed by atoms with Crippen LogP contribution in [0.4, 0.5) is 21.5 Å². The number of hydrogen-bond acceptors (Lipinski definition) is 7. The molecule has 198 valence electrons.